The second kappa shape index (κ2) is 9.09. The van der Waals surface area contributed by atoms with E-state index in [4.69, 9.17) is 9.15 Å². The van der Waals surface area contributed by atoms with Crippen LogP contribution in [0.3, 0.4) is 0 Å². The molecule has 0 bridgehead atoms. The Kier molecular flexibility index (Phi) is 6.79. The van der Waals surface area contributed by atoms with Crippen LogP contribution in [-0.2, 0) is 16.7 Å². The van der Waals surface area contributed by atoms with E-state index in [1.807, 2.05) is 13.2 Å². The lowest BCUT2D eigenvalue weighted by atomic mass is 9.94. The summed E-state index contributed by atoms with van der Waals surface area (Å²) in [5.41, 5.74) is -0.0205. The summed E-state index contributed by atoms with van der Waals surface area (Å²) >= 11 is 0. The van der Waals surface area contributed by atoms with Crippen LogP contribution in [0.2, 0.25) is 0 Å². The first kappa shape index (κ1) is 20.2. The Labute approximate surface area is 163 Å². The van der Waals surface area contributed by atoms with Gasteiger partial charge < -0.3 is 19.4 Å². The average Bonchev–Trinajstić information content (AvgIpc) is 3.33. The van der Waals surface area contributed by atoms with Crippen LogP contribution >= 0.6 is 0 Å². The molecule has 0 amide bonds. The highest BCUT2D eigenvalue weighted by molar-refractivity contribution is 5.79. The first-order valence-electron chi connectivity index (χ1n) is 10.5. The fourth-order valence-corrected chi connectivity index (χ4v) is 3.91. The van der Waals surface area contributed by atoms with E-state index < -0.39 is 0 Å². The maximum atomic E-state index is 6.18. The topological polar surface area (TPSA) is 62.9 Å². The highest BCUT2D eigenvalue weighted by Gasteiger charge is 2.24. The number of hydrogen-bond donors (Lipinski definition) is 1. The minimum Gasteiger partial charge on any atom is -0.443 e. The third kappa shape index (κ3) is 5.71. The Morgan fingerprint density at radius 1 is 1.26 bits per heavy atom. The van der Waals surface area contributed by atoms with Gasteiger partial charge in [0.1, 0.15) is 5.76 Å². The minimum atomic E-state index is -0.0205. The van der Waals surface area contributed by atoms with Crippen LogP contribution < -0.4 is 5.32 Å². The zero-order valence-electron chi connectivity index (χ0n) is 17.5. The Bertz CT molecular complexity index is 606. The number of piperidine rings is 1. The standard InChI is InChI=1S/C21H36N4O2/c1-21(2,3)18-13-23-19(27-18)14-24-20(22-4)25-11-9-17(10-12-25)26-15-16-7-5-6-8-16/h13,16-17H,5-12,14-15H2,1-4H3,(H,22,24). The second-order valence-corrected chi connectivity index (χ2v) is 8.94. The van der Waals surface area contributed by atoms with E-state index in [1.54, 1.807) is 0 Å². The average molecular weight is 377 g/mol. The summed E-state index contributed by atoms with van der Waals surface area (Å²) in [4.78, 5) is 11.1. The molecule has 1 saturated heterocycles. The molecular weight excluding hydrogens is 340 g/mol. The van der Waals surface area contributed by atoms with Gasteiger partial charge in [-0.1, -0.05) is 33.6 Å². The Morgan fingerprint density at radius 3 is 2.56 bits per heavy atom. The van der Waals surface area contributed by atoms with Crippen molar-refractivity contribution < 1.29 is 9.15 Å². The summed E-state index contributed by atoms with van der Waals surface area (Å²) in [6.07, 6.45) is 9.85. The van der Waals surface area contributed by atoms with Crippen molar-refractivity contribution in [2.75, 3.05) is 26.7 Å². The predicted octanol–water partition coefficient (Wildman–Crippen LogP) is 3.72. The van der Waals surface area contributed by atoms with Gasteiger partial charge in [-0.2, -0.15) is 0 Å². The molecule has 1 saturated carbocycles. The van der Waals surface area contributed by atoms with Gasteiger partial charge in [-0.15, -0.1) is 0 Å². The molecule has 6 heteroatoms. The van der Waals surface area contributed by atoms with E-state index >= 15 is 0 Å². The summed E-state index contributed by atoms with van der Waals surface area (Å²) < 4.78 is 12.0. The molecule has 1 aliphatic carbocycles. The zero-order valence-corrected chi connectivity index (χ0v) is 17.5. The molecule has 1 aromatic heterocycles. The normalized spacial score (nSPS) is 20.4. The van der Waals surface area contributed by atoms with Gasteiger partial charge in [0, 0.05) is 32.2 Å². The molecule has 0 radical (unpaired) electrons. The van der Waals surface area contributed by atoms with Gasteiger partial charge >= 0.3 is 0 Å². The fraction of sp³-hybridized carbons (Fsp3) is 0.810. The number of likely N-dealkylation sites (tertiary alicyclic amines) is 1. The number of ether oxygens (including phenoxy) is 1. The molecule has 2 aliphatic rings. The van der Waals surface area contributed by atoms with Gasteiger partial charge in [0.25, 0.3) is 0 Å². The molecular formula is C21H36N4O2. The molecule has 0 atom stereocenters. The number of rotatable bonds is 5. The largest absolute Gasteiger partial charge is 0.443 e. The zero-order chi connectivity index (χ0) is 19.3. The number of aromatic nitrogens is 1. The van der Waals surface area contributed by atoms with Crippen molar-refractivity contribution in [3.8, 4) is 0 Å². The SMILES string of the molecule is CN=C(NCc1ncc(C(C)(C)C)o1)N1CCC(OCC2CCCC2)CC1. The van der Waals surface area contributed by atoms with Gasteiger partial charge in [0.05, 0.1) is 18.8 Å². The quantitative estimate of drug-likeness (QED) is 0.627. The van der Waals surface area contributed by atoms with Crippen molar-refractivity contribution in [2.45, 2.75) is 77.4 Å². The fourth-order valence-electron chi connectivity index (χ4n) is 3.91. The first-order valence-corrected chi connectivity index (χ1v) is 10.5. The molecule has 2 fully saturated rings. The molecule has 27 heavy (non-hydrogen) atoms. The lowest BCUT2D eigenvalue weighted by Crippen LogP contribution is -2.46. The van der Waals surface area contributed by atoms with Crippen LogP contribution in [0.4, 0.5) is 0 Å². The Hall–Kier alpha value is -1.56. The number of nitrogens with zero attached hydrogens (tertiary/aromatic N) is 3. The molecule has 1 N–H and O–H groups in total. The van der Waals surface area contributed by atoms with Gasteiger partial charge in [-0.25, -0.2) is 4.98 Å². The summed E-state index contributed by atoms with van der Waals surface area (Å²) in [7, 11) is 1.83. The van der Waals surface area contributed by atoms with Crippen LogP contribution in [0, 0.1) is 5.92 Å². The Balaban J connectivity index is 1.41. The molecule has 0 unspecified atom stereocenters. The van der Waals surface area contributed by atoms with Crippen LogP contribution in [0.25, 0.3) is 0 Å². The first-order chi connectivity index (χ1) is 13.0. The number of guanidine groups is 1. The predicted molar refractivity (Wildman–Crippen MR) is 108 cm³/mol. The maximum absolute atomic E-state index is 6.18. The van der Waals surface area contributed by atoms with Crippen LogP contribution in [0.1, 0.15) is 70.9 Å². The highest BCUT2D eigenvalue weighted by atomic mass is 16.5. The third-order valence-electron chi connectivity index (χ3n) is 5.69. The second-order valence-electron chi connectivity index (χ2n) is 8.94. The number of oxazole rings is 1. The summed E-state index contributed by atoms with van der Waals surface area (Å²) in [5, 5.41) is 3.39. The molecule has 1 aliphatic heterocycles. The number of nitrogens with one attached hydrogen (secondary N) is 1. The molecule has 2 heterocycles. The van der Waals surface area contributed by atoms with Crippen molar-refractivity contribution >= 4 is 5.96 Å². The molecule has 0 aromatic carbocycles. The maximum Gasteiger partial charge on any atom is 0.213 e. The van der Waals surface area contributed by atoms with Crippen molar-refractivity contribution in [2.24, 2.45) is 10.9 Å². The van der Waals surface area contributed by atoms with Crippen LogP contribution in [0.5, 0.6) is 0 Å². The molecule has 1 aromatic rings. The molecule has 0 spiro atoms. The monoisotopic (exact) mass is 376 g/mol. The van der Waals surface area contributed by atoms with E-state index in [0.29, 0.717) is 18.5 Å². The van der Waals surface area contributed by atoms with E-state index in [9.17, 15) is 0 Å². The highest BCUT2D eigenvalue weighted by Crippen LogP contribution is 2.26. The van der Waals surface area contributed by atoms with Gasteiger partial charge in [-0.3, -0.25) is 4.99 Å². The summed E-state index contributed by atoms with van der Waals surface area (Å²) in [5.74, 6) is 3.33. The van der Waals surface area contributed by atoms with Crippen molar-refractivity contribution in [1.82, 2.24) is 15.2 Å². The smallest absolute Gasteiger partial charge is 0.213 e. The lowest BCUT2D eigenvalue weighted by Gasteiger charge is -2.34. The van der Waals surface area contributed by atoms with Gasteiger partial charge in [0.15, 0.2) is 5.96 Å². The molecule has 152 valence electrons. The van der Waals surface area contributed by atoms with Crippen LogP contribution in [0.15, 0.2) is 15.6 Å². The van der Waals surface area contributed by atoms with E-state index in [2.05, 4.69) is 41.0 Å². The Morgan fingerprint density at radius 2 is 1.96 bits per heavy atom. The van der Waals surface area contributed by atoms with Crippen molar-refractivity contribution in [3.63, 3.8) is 0 Å². The minimum absolute atomic E-state index is 0.0205. The molecule has 6 nitrogen and oxygen atoms in total. The number of aliphatic imine (C=N–C) groups is 1. The number of hydrogen-bond acceptors (Lipinski definition) is 4. The van der Waals surface area contributed by atoms with E-state index in [0.717, 1.165) is 50.2 Å². The van der Waals surface area contributed by atoms with Crippen LogP contribution in [-0.4, -0.2) is 48.7 Å². The molecule has 3 rings (SSSR count). The van der Waals surface area contributed by atoms with Gasteiger partial charge in [0.2, 0.25) is 5.89 Å². The van der Waals surface area contributed by atoms with E-state index in [1.165, 1.54) is 25.7 Å². The van der Waals surface area contributed by atoms with Crippen molar-refractivity contribution in [1.29, 1.82) is 0 Å². The lowest BCUT2D eigenvalue weighted by molar-refractivity contribution is 0.000991. The van der Waals surface area contributed by atoms with Crippen molar-refractivity contribution in [3.05, 3.63) is 17.8 Å². The summed E-state index contributed by atoms with van der Waals surface area (Å²) in [6.45, 7) is 9.86. The van der Waals surface area contributed by atoms with E-state index in [-0.39, 0.29) is 5.41 Å². The summed E-state index contributed by atoms with van der Waals surface area (Å²) in [6, 6.07) is 0. The van der Waals surface area contributed by atoms with Gasteiger partial charge in [-0.05, 0) is 31.6 Å². The third-order valence-corrected chi connectivity index (χ3v) is 5.69.